The number of anilines is 1. The minimum absolute atomic E-state index is 0.0125. The van der Waals surface area contributed by atoms with Crippen molar-refractivity contribution in [2.24, 2.45) is 0 Å². The summed E-state index contributed by atoms with van der Waals surface area (Å²) >= 11 is 0. The zero-order valence-electron chi connectivity index (χ0n) is 17.8. The Morgan fingerprint density at radius 3 is 2.23 bits per heavy atom. The third kappa shape index (κ3) is 5.69. The first-order valence-corrected chi connectivity index (χ1v) is 11.4. The first kappa shape index (κ1) is 22.5. The number of ether oxygens (including phenoxy) is 1. The van der Waals surface area contributed by atoms with Crippen molar-refractivity contribution in [2.45, 2.75) is 50.4 Å². The van der Waals surface area contributed by atoms with Crippen LogP contribution in [0.4, 0.5) is 6.01 Å². The Bertz CT molecular complexity index is 1130. The van der Waals surface area contributed by atoms with Gasteiger partial charge < -0.3 is 9.15 Å². The van der Waals surface area contributed by atoms with Gasteiger partial charge in [-0.05, 0) is 69.7 Å². The Balaban J connectivity index is 1.62. The third-order valence-electron chi connectivity index (χ3n) is 4.40. The van der Waals surface area contributed by atoms with Gasteiger partial charge in [-0.25, -0.2) is 8.42 Å². The second kappa shape index (κ2) is 9.30. The van der Waals surface area contributed by atoms with E-state index in [1.54, 1.807) is 62.4 Å². The van der Waals surface area contributed by atoms with E-state index >= 15 is 0 Å². The quantitative estimate of drug-likeness (QED) is 0.562. The number of benzene rings is 2. The number of hydrogen-bond acceptors (Lipinski definition) is 7. The van der Waals surface area contributed by atoms with Crippen LogP contribution >= 0.6 is 0 Å². The molecule has 0 aliphatic heterocycles. The minimum Gasteiger partial charge on any atom is -0.491 e. The highest BCUT2D eigenvalue weighted by Crippen LogP contribution is 2.19. The molecule has 3 rings (SSSR count). The molecular formula is C22H25N3O5S. The number of aromatic nitrogens is 2. The van der Waals surface area contributed by atoms with Gasteiger partial charge in [0.15, 0.2) is 9.84 Å². The maximum atomic E-state index is 12.4. The fourth-order valence-electron chi connectivity index (χ4n) is 2.75. The second-order valence-corrected chi connectivity index (χ2v) is 10.1. The number of sulfone groups is 1. The lowest BCUT2D eigenvalue weighted by Crippen LogP contribution is -2.13. The highest BCUT2D eigenvalue weighted by molar-refractivity contribution is 7.92. The van der Waals surface area contributed by atoms with Crippen LogP contribution in [-0.4, -0.2) is 35.9 Å². The normalized spacial score (nSPS) is 11.7. The van der Waals surface area contributed by atoms with E-state index in [-0.39, 0.29) is 22.9 Å². The molecule has 0 bridgehead atoms. The van der Waals surface area contributed by atoms with Gasteiger partial charge in [0.1, 0.15) is 5.75 Å². The van der Waals surface area contributed by atoms with Crippen LogP contribution in [0.5, 0.6) is 5.75 Å². The molecule has 31 heavy (non-hydrogen) atoms. The number of nitrogens with one attached hydrogen (secondary N) is 1. The number of carbonyl (C=O) groups is 1. The van der Waals surface area contributed by atoms with Gasteiger partial charge in [-0.1, -0.05) is 17.2 Å². The van der Waals surface area contributed by atoms with Crippen molar-refractivity contribution in [2.75, 3.05) is 5.32 Å². The van der Waals surface area contributed by atoms with E-state index in [0.717, 1.165) is 5.56 Å². The van der Waals surface area contributed by atoms with Gasteiger partial charge in [0.05, 0.1) is 22.7 Å². The van der Waals surface area contributed by atoms with Crippen LogP contribution in [0.15, 0.2) is 57.8 Å². The lowest BCUT2D eigenvalue weighted by Gasteiger charge is -2.09. The van der Waals surface area contributed by atoms with Gasteiger partial charge in [0.25, 0.3) is 5.91 Å². The van der Waals surface area contributed by atoms with E-state index in [1.807, 2.05) is 13.8 Å². The molecule has 0 saturated heterocycles. The fourth-order valence-corrected chi connectivity index (χ4v) is 3.81. The van der Waals surface area contributed by atoms with Crippen LogP contribution < -0.4 is 10.1 Å². The summed E-state index contributed by atoms with van der Waals surface area (Å²) in [6.45, 7) is 7.14. The highest BCUT2D eigenvalue weighted by atomic mass is 32.2. The molecule has 8 nitrogen and oxygen atoms in total. The van der Waals surface area contributed by atoms with Crippen molar-refractivity contribution >= 4 is 21.8 Å². The molecule has 0 saturated carbocycles. The molecule has 0 fully saturated rings. The minimum atomic E-state index is -3.32. The Morgan fingerprint density at radius 2 is 1.65 bits per heavy atom. The Hall–Kier alpha value is -3.20. The molecular weight excluding hydrogens is 418 g/mol. The Morgan fingerprint density at radius 1 is 1.00 bits per heavy atom. The van der Waals surface area contributed by atoms with Crippen molar-refractivity contribution in [1.29, 1.82) is 0 Å². The van der Waals surface area contributed by atoms with Gasteiger partial charge in [0.2, 0.25) is 5.89 Å². The van der Waals surface area contributed by atoms with Crippen molar-refractivity contribution in [1.82, 2.24) is 10.2 Å². The van der Waals surface area contributed by atoms with E-state index in [9.17, 15) is 13.2 Å². The van der Waals surface area contributed by atoms with E-state index in [2.05, 4.69) is 15.5 Å². The molecule has 0 spiro atoms. The lowest BCUT2D eigenvalue weighted by atomic mass is 10.1. The Kier molecular flexibility index (Phi) is 6.74. The van der Waals surface area contributed by atoms with Crippen LogP contribution in [0.25, 0.3) is 0 Å². The van der Waals surface area contributed by atoms with Gasteiger partial charge in [0, 0.05) is 5.56 Å². The summed E-state index contributed by atoms with van der Waals surface area (Å²) in [4.78, 5) is 12.6. The average molecular weight is 444 g/mol. The van der Waals surface area contributed by atoms with E-state index in [4.69, 9.17) is 9.15 Å². The van der Waals surface area contributed by atoms with Crippen LogP contribution in [-0.2, 0) is 16.3 Å². The predicted molar refractivity (Wildman–Crippen MR) is 116 cm³/mol. The zero-order valence-corrected chi connectivity index (χ0v) is 18.6. The highest BCUT2D eigenvalue weighted by Gasteiger charge is 2.19. The number of rotatable bonds is 8. The molecule has 0 unspecified atom stereocenters. The van der Waals surface area contributed by atoms with Gasteiger partial charge in [-0.15, -0.1) is 5.10 Å². The topological polar surface area (TPSA) is 111 Å². The van der Waals surface area contributed by atoms with Crippen molar-refractivity contribution in [3.8, 4) is 5.75 Å². The summed E-state index contributed by atoms with van der Waals surface area (Å²) in [5.74, 6) is 0.601. The maximum absolute atomic E-state index is 12.4. The van der Waals surface area contributed by atoms with Crippen LogP contribution in [0.2, 0.25) is 0 Å². The molecule has 0 radical (unpaired) electrons. The van der Waals surface area contributed by atoms with Crippen molar-refractivity contribution in [3.05, 3.63) is 65.5 Å². The number of nitrogens with zero attached hydrogens (tertiary/aromatic N) is 2. The Labute approximate surface area is 181 Å². The molecule has 0 aliphatic rings. The summed E-state index contributed by atoms with van der Waals surface area (Å²) in [5.41, 5.74) is 1.24. The molecule has 1 N–H and O–H groups in total. The first-order valence-electron chi connectivity index (χ1n) is 9.88. The van der Waals surface area contributed by atoms with Crippen molar-refractivity contribution in [3.63, 3.8) is 0 Å². The molecule has 1 amide bonds. The predicted octanol–water partition coefficient (Wildman–Crippen LogP) is 3.88. The number of carbonyl (C=O) groups excluding carboxylic acids is 1. The maximum Gasteiger partial charge on any atom is 0.322 e. The molecule has 1 aromatic heterocycles. The van der Waals surface area contributed by atoms with Crippen LogP contribution in [0.1, 0.15) is 49.5 Å². The number of amides is 1. The van der Waals surface area contributed by atoms with Crippen molar-refractivity contribution < 1.29 is 22.4 Å². The van der Waals surface area contributed by atoms with Gasteiger partial charge >= 0.3 is 6.01 Å². The molecule has 1 heterocycles. The van der Waals surface area contributed by atoms with Gasteiger partial charge in [-0.2, -0.15) is 0 Å². The van der Waals surface area contributed by atoms with Gasteiger partial charge in [-0.3, -0.25) is 10.1 Å². The summed E-state index contributed by atoms with van der Waals surface area (Å²) in [7, 11) is -3.32. The van der Waals surface area contributed by atoms with Crippen LogP contribution in [0, 0.1) is 0 Å². The molecule has 164 valence electrons. The molecule has 9 heteroatoms. The molecule has 0 aliphatic carbocycles. The largest absolute Gasteiger partial charge is 0.491 e. The standard InChI is InChI=1S/C22H25N3O5S/c1-14(2)29-18-9-7-17(8-10-18)21(26)23-22-25-24-20(30-22)13-16-5-11-19(12-6-16)31(27,28)15(3)4/h5-12,14-15H,13H2,1-4H3,(H,23,25,26). The lowest BCUT2D eigenvalue weighted by molar-refractivity contribution is 0.102. The van der Waals surface area contributed by atoms with E-state index in [1.165, 1.54) is 0 Å². The average Bonchev–Trinajstić information content (AvgIpc) is 3.15. The monoisotopic (exact) mass is 443 g/mol. The SMILES string of the molecule is CC(C)Oc1ccc(C(=O)Nc2nnc(Cc3ccc(S(=O)(=O)C(C)C)cc3)o2)cc1. The summed E-state index contributed by atoms with van der Waals surface area (Å²) < 4.78 is 35.5. The summed E-state index contributed by atoms with van der Waals surface area (Å²) in [6.07, 6.45) is 0.360. The smallest absolute Gasteiger partial charge is 0.322 e. The third-order valence-corrected chi connectivity index (χ3v) is 6.57. The zero-order chi connectivity index (χ0) is 22.6. The van der Waals surface area contributed by atoms with E-state index in [0.29, 0.717) is 23.6 Å². The molecule has 3 aromatic rings. The summed E-state index contributed by atoms with van der Waals surface area (Å²) in [6, 6.07) is 13.3. The summed E-state index contributed by atoms with van der Waals surface area (Å²) in [5, 5.41) is 9.86. The van der Waals surface area contributed by atoms with Crippen LogP contribution in [0.3, 0.4) is 0 Å². The molecule has 2 aromatic carbocycles. The second-order valence-electron chi connectivity index (χ2n) is 7.56. The fraction of sp³-hybridized carbons (Fsp3) is 0.318. The van der Waals surface area contributed by atoms with E-state index < -0.39 is 15.1 Å². The number of hydrogen-bond donors (Lipinski definition) is 1. The first-order chi connectivity index (χ1) is 14.6. The molecule has 0 atom stereocenters.